The third-order valence-electron chi connectivity index (χ3n) is 6.65. The number of esters is 1. The predicted octanol–water partition coefficient (Wildman–Crippen LogP) is 6.55. The number of amides is 1. The molecule has 0 bridgehead atoms. The normalized spacial score (nSPS) is 11.4. The van der Waals surface area contributed by atoms with E-state index in [-0.39, 0.29) is 18.4 Å². The molecule has 0 spiro atoms. The van der Waals surface area contributed by atoms with Gasteiger partial charge in [-0.1, -0.05) is 55.8 Å². The summed E-state index contributed by atoms with van der Waals surface area (Å²) < 4.78 is 8.03. The second-order valence-electron chi connectivity index (χ2n) is 11.3. The van der Waals surface area contributed by atoms with E-state index in [1.54, 1.807) is 19.0 Å². The molecule has 210 valence electrons. The lowest BCUT2D eigenvalue weighted by Gasteiger charge is -2.21. The zero-order chi connectivity index (χ0) is 28.9. The fraction of sp³-hybridized carbons (Fsp3) is 0.364. The number of carbonyl (C=O) groups excluding carboxylic acids is 2. The van der Waals surface area contributed by atoms with Crippen molar-refractivity contribution >= 4 is 28.6 Å². The summed E-state index contributed by atoms with van der Waals surface area (Å²) >= 11 is 0. The molecule has 0 aliphatic heterocycles. The van der Waals surface area contributed by atoms with E-state index in [1.165, 1.54) is 0 Å². The number of likely N-dealkylation sites (N-methyl/N-ethyl adjacent to an activating group) is 1. The molecule has 0 atom stereocenters. The van der Waals surface area contributed by atoms with Gasteiger partial charge in [-0.25, -0.2) is 9.78 Å². The molecule has 0 unspecified atom stereocenters. The minimum absolute atomic E-state index is 0.00502. The second kappa shape index (κ2) is 12.4. The Bertz CT molecular complexity index is 1480. The summed E-state index contributed by atoms with van der Waals surface area (Å²) in [5, 5.41) is 3.24. The SMILES string of the molecule is CCCCc1nc2ccc(NCC(=O)N(C)C)cc2n1Cc1ccc(-c2ccccc2)c(C(=O)OC(C)(C)C)c1. The lowest BCUT2D eigenvalue weighted by atomic mass is 9.97. The molecule has 0 saturated heterocycles. The van der Waals surface area contributed by atoms with Gasteiger partial charge in [0.1, 0.15) is 11.4 Å². The summed E-state index contributed by atoms with van der Waals surface area (Å²) in [6, 6.07) is 21.9. The second-order valence-corrected chi connectivity index (χ2v) is 11.3. The Balaban J connectivity index is 1.74. The number of fused-ring (bicyclic) bond motifs is 1. The van der Waals surface area contributed by atoms with E-state index in [0.717, 1.165) is 58.5 Å². The van der Waals surface area contributed by atoms with Crippen molar-refractivity contribution < 1.29 is 14.3 Å². The van der Waals surface area contributed by atoms with Crippen LogP contribution in [0, 0.1) is 0 Å². The van der Waals surface area contributed by atoms with Crippen LogP contribution in [0.3, 0.4) is 0 Å². The van der Waals surface area contributed by atoms with Crippen molar-refractivity contribution in [3.05, 3.63) is 83.7 Å². The molecule has 4 aromatic rings. The van der Waals surface area contributed by atoms with Crippen molar-refractivity contribution in [3.8, 4) is 11.1 Å². The molecule has 1 N–H and O–H groups in total. The van der Waals surface area contributed by atoms with E-state index < -0.39 is 5.60 Å². The van der Waals surface area contributed by atoms with Gasteiger partial charge in [0.2, 0.25) is 5.91 Å². The number of anilines is 1. The number of aromatic nitrogens is 2. The summed E-state index contributed by atoms with van der Waals surface area (Å²) in [5.41, 5.74) is 5.49. The summed E-state index contributed by atoms with van der Waals surface area (Å²) in [5.74, 6) is 0.668. The van der Waals surface area contributed by atoms with E-state index in [4.69, 9.17) is 9.72 Å². The molecule has 4 rings (SSSR count). The minimum atomic E-state index is -0.605. The molecule has 40 heavy (non-hydrogen) atoms. The minimum Gasteiger partial charge on any atom is -0.456 e. The van der Waals surface area contributed by atoms with Crippen LogP contribution in [0.2, 0.25) is 0 Å². The van der Waals surface area contributed by atoms with Crippen LogP contribution in [0.25, 0.3) is 22.2 Å². The van der Waals surface area contributed by atoms with Crippen molar-refractivity contribution in [3.63, 3.8) is 0 Å². The fourth-order valence-electron chi connectivity index (χ4n) is 4.56. The molecule has 3 aromatic carbocycles. The van der Waals surface area contributed by atoms with Crippen LogP contribution in [0.4, 0.5) is 5.69 Å². The van der Waals surface area contributed by atoms with Gasteiger partial charge in [0.25, 0.3) is 0 Å². The van der Waals surface area contributed by atoms with Gasteiger partial charge in [0, 0.05) is 32.7 Å². The van der Waals surface area contributed by atoms with Gasteiger partial charge in [-0.15, -0.1) is 0 Å². The zero-order valence-electron chi connectivity index (χ0n) is 24.5. The predicted molar refractivity (Wildman–Crippen MR) is 162 cm³/mol. The number of nitrogens with one attached hydrogen (secondary N) is 1. The van der Waals surface area contributed by atoms with E-state index in [1.807, 2.05) is 81.4 Å². The van der Waals surface area contributed by atoms with Gasteiger partial charge >= 0.3 is 5.97 Å². The largest absolute Gasteiger partial charge is 0.456 e. The Morgan fingerprint density at radius 1 is 1.00 bits per heavy atom. The molecule has 0 fully saturated rings. The highest BCUT2D eigenvalue weighted by Crippen LogP contribution is 2.29. The van der Waals surface area contributed by atoms with Crippen molar-refractivity contribution in [2.24, 2.45) is 0 Å². The first-order valence-corrected chi connectivity index (χ1v) is 13.9. The van der Waals surface area contributed by atoms with Crippen LogP contribution in [-0.4, -0.2) is 52.6 Å². The van der Waals surface area contributed by atoms with Crippen LogP contribution in [-0.2, 0) is 22.5 Å². The van der Waals surface area contributed by atoms with E-state index in [0.29, 0.717) is 12.1 Å². The number of unbranched alkanes of at least 4 members (excludes halogenated alkanes) is 1. The maximum absolute atomic E-state index is 13.4. The highest BCUT2D eigenvalue weighted by atomic mass is 16.6. The maximum Gasteiger partial charge on any atom is 0.339 e. The number of ether oxygens (including phenoxy) is 1. The number of imidazole rings is 1. The molecular weight excluding hydrogens is 500 g/mol. The first-order chi connectivity index (χ1) is 19.1. The van der Waals surface area contributed by atoms with Gasteiger partial charge in [-0.2, -0.15) is 0 Å². The molecule has 1 heterocycles. The fourth-order valence-corrected chi connectivity index (χ4v) is 4.56. The molecule has 0 saturated carbocycles. The third-order valence-corrected chi connectivity index (χ3v) is 6.65. The van der Waals surface area contributed by atoms with Crippen LogP contribution >= 0.6 is 0 Å². The molecule has 1 amide bonds. The molecule has 7 nitrogen and oxygen atoms in total. The molecular formula is C33H40N4O3. The Morgan fingerprint density at radius 2 is 1.75 bits per heavy atom. The topological polar surface area (TPSA) is 76.5 Å². The summed E-state index contributed by atoms with van der Waals surface area (Å²) in [6.45, 7) is 8.59. The summed E-state index contributed by atoms with van der Waals surface area (Å²) in [7, 11) is 3.49. The Morgan fingerprint density at radius 3 is 2.42 bits per heavy atom. The zero-order valence-corrected chi connectivity index (χ0v) is 24.5. The van der Waals surface area contributed by atoms with E-state index in [9.17, 15) is 9.59 Å². The molecule has 0 radical (unpaired) electrons. The highest BCUT2D eigenvalue weighted by molar-refractivity contribution is 5.97. The first kappa shape index (κ1) is 28.9. The van der Waals surface area contributed by atoms with Crippen LogP contribution in [0.15, 0.2) is 66.7 Å². The van der Waals surface area contributed by atoms with E-state index >= 15 is 0 Å². The van der Waals surface area contributed by atoms with Gasteiger partial charge < -0.3 is 19.5 Å². The van der Waals surface area contributed by atoms with E-state index in [2.05, 4.69) is 22.9 Å². The van der Waals surface area contributed by atoms with Crippen LogP contribution in [0.1, 0.15) is 62.3 Å². The number of hydrogen-bond acceptors (Lipinski definition) is 5. The molecule has 0 aliphatic carbocycles. The third kappa shape index (κ3) is 7.08. The quantitative estimate of drug-likeness (QED) is 0.231. The molecule has 1 aromatic heterocycles. The lowest BCUT2D eigenvalue weighted by Crippen LogP contribution is -2.28. The smallest absolute Gasteiger partial charge is 0.339 e. The van der Waals surface area contributed by atoms with Crippen molar-refractivity contribution in [2.45, 2.75) is 59.1 Å². The van der Waals surface area contributed by atoms with Gasteiger partial charge in [-0.05, 0) is 68.1 Å². The van der Waals surface area contributed by atoms with Crippen molar-refractivity contribution in [2.75, 3.05) is 26.0 Å². The summed E-state index contributed by atoms with van der Waals surface area (Å²) in [6.07, 6.45) is 2.95. The number of rotatable bonds is 10. The lowest BCUT2D eigenvalue weighted by molar-refractivity contribution is -0.126. The Labute approximate surface area is 237 Å². The van der Waals surface area contributed by atoms with Crippen LogP contribution < -0.4 is 5.32 Å². The average molecular weight is 541 g/mol. The number of benzene rings is 3. The van der Waals surface area contributed by atoms with Crippen molar-refractivity contribution in [1.29, 1.82) is 0 Å². The van der Waals surface area contributed by atoms with Gasteiger partial charge in [0.15, 0.2) is 0 Å². The Kier molecular flexibility index (Phi) is 8.93. The number of hydrogen-bond donors (Lipinski definition) is 1. The highest BCUT2D eigenvalue weighted by Gasteiger charge is 2.22. The van der Waals surface area contributed by atoms with Crippen molar-refractivity contribution in [1.82, 2.24) is 14.5 Å². The van der Waals surface area contributed by atoms with Gasteiger partial charge in [-0.3, -0.25) is 4.79 Å². The summed E-state index contributed by atoms with van der Waals surface area (Å²) in [4.78, 5) is 32.0. The Hall–Kier alpha value is -4.13. The number of aryl methyl sites for hydroxylation is 1. The molecule has 0 aliphatic rings. The maximum atomic E-state index is 13.4. The number of carbonyl (C=O) groups is 2. The molecule has 7 heteroatoms. The monoisotopic (exact) mass is 540 g/mol. The van der Waals surface area contributed by atoms with Gasteiger partial charge in [0.05, 0.1) is 23.1 Å². The van der Waals surface area contributed by atoms with Crippen LogP contribution in [0.5, 0.6) is 0 Å². The standard InChI is InChI=1S/C33H40N4O3/c1-7-8-14-30-35-28-18-16-25(34-21-31(38)36(5)6)20-29(28)37(30)22-23-15-17-26(24-12-10-9-11-13-24)27(19-23)32(39)40-33(2,3)4/h9-13,15-20,34H,7-8,14,21-22H2,1-6H3. The first-order valence-electron chi connectivity index (χ1n) is 13.9. The average Bonchev–Trinajstić information content (AvgIpc) is 3.26. The number of nitrogens with zero attached hydrogens (tertiary/aromatic N) is 3.